The Morgan fingerprint density at radius 2 is 0.463 bits per heavy atom. The van der Waals surface area contributed by atoms with Gasteiger partial charge in [-0.3, -0.25) is 0 Å². The normalized spacial score (nSPS) is 13.6. The second-order valence-corrected chi connectivity index (χ2v) is 17.9. The summed E-state index contributed by atoms with van der Waals surface area (Å²) < 4.78 is 86.9. The Balaban J connectivity index is 0. The molecule has 0 aliphatic heterocycles. The fraction of sp³-hybridized carbons (Fsp3) is 0.778. The van der Waals surface area contributed by atoms with E-state index in [2.05, 4.69) is 26.3 Å². The number of hydrogen-bond acceptors (Lipinski definition) is 28. The first kappa shape index (κ1) is 80.1. The molecule has 0 aromatic carbocycles. The third-order valence-electron chi connectivity index (χ3n) is 10.4. The molecule has 4 atom stereocenters. The first-order chi connectivity index (χ1) is 39.6. The second-order valence-electron chi connectivity index (χ2n) is 17.9. The van der Waals surface area contributed by atoms with Gasteiger partial charge in [0.2, 0.25) is 0 Å². The van der Waals surface area contributed by atoms with Crippen molar-refractivity contribution in [3.8, 4) is 0 Å². The van der Waals surface area contributed by atoms with Crippen LogP contribution in [0.2, 0.25) is 0 Å². The number of aliphatic hydroxyl groups excluding tert-OH is 8. The van der Waals surface area contributed by atoms with E-state index in [-0.39, 0.29) is 184 Å². The Hall–Kier alpha value is -3.96. The summed E-state index contributed by atoms with van der Waals surface area (Å²) in [6.07, 6.45) is 0.336. The maximum absolute atomic E-state index is 11.3. The summed E-state index contributed by atoms with van der Waals surface area (Å²) in [4.78, 5) is 45.1. The molecule has 480 valence electrons. The highest BCUT2D eigenvalue weighted by molar-refractivity contribution is 5.82. The molecule has 0 aromatic heterocycles. The monoisotopic (exact) mass is 1190 g/mol. The van der Waals surface area contributed by atoms with Crippen molar-refractivity contribution in [1.82, 2.24) is 0 Å². The van der Waals surface area contributed by atoms with E-state index in [4.69, 9.17) is 96.2 Å². The molecule has 0 heterocycles. The SMILES string of the molecule is C=CC(=O)OCC(O)CCOCC(COCCC(O)COC(=O)C=C)(COCCC(O)COC(=O)C=C)COCCC(O)COC(=O)C=C.OCCOCCOCC(COCCOCCO)(COCCOCCO)COCCOCCO. The number of carbonyl (C=O) groups is 4. The second kappa shape index (κ2) is 57.5. The van der Waals surface area contributed by atoms with Crippen LogP contribution in [0, 0.1) is 10.8 Å². The van der Waals surface area contributed by atoms with E-state index in [0.29, 0.717) is 52.9 Å². The van der Waals surface area contributed by atoms with E-state index in [1.807, 2.05) is 0 Å². The van der Waals surface area contributed by atoms with Crippen molar-refractivity contribution >= 4 is 23.9 Å². The third kappa shape index (κ3) is 50.5. The molecule has 28 heteroatoms. The molecule has 0 radical (unpaired) electrons. The molecule has 28 nitrogen and oxygen atoms in total. The molecule has 0 aliphatic rings. The Bertz CT molecular complexity index is 1350. The summed E-state index contributed by atoms with van der Waals surface area (Å²) in [7, 11) is 0. The van der Waals surface area contributed by atoms with Crippen LogP contribution in [0.5, 0.6) is 0 Å². The van der Waals surface area contributed by atoms with Gasteiger partial charge in [-0.15, -0.1) is 0 Å². The molecule has 0 aromatic rings. The molecule has 0 amide bonds. The molecule has 0 aliphatic carbocycles. The fourth-order valence-electron chi connectivity index (χ4n) is 6.11. The van der Waals surface area contributed by atoms with Crippen LogP contribution in [-0.4, -0.2) is 301 Å². The van der Waals surface area contributed by atoms with Gasteiger partial charge in [0, 0.05) is 50.7 Å². The zero-order chi connectivity index (χ0) is 61.2. The van der Waals surface area contributed by atoms with E-state index >= 15 is 0 Å². The van der Waals surface area contributed by atoms with Crippen LogP contribution >= 0.6 is 0 Å². The van der Waals surface area contributed by atoms with Crippen LogP contribution in [-0.2, 0) is 95.0 Å². The summed E-state index contributed by atoms with van der Waals surface area (Å²) in [6, 6.07) is 0. The molecule has 0 saturated carbocycles. The molecule has 0 saturated heterocycles. The van der Waals surface area contributed by atoms with Crippen molar-refractivity contribution in [2.45, 2.75) is 50.1 Å². The number of hydrogen-bond donors (Lipinski definition) is 8. The van der Waals surface area contributed by atoms with Gasteiger partial charge < -0.3 is 117 Å². The third-order valence-corrected chi connectivity index (χ3v) is 10.4. The summed E-state index contributed by atoms with van der Waals surface area (Å²) in [5.74, 6) is -2.71. The van der Waals surface area contributed by atoms with Gasteiger partial charge in [-0.2, -0.15) is 0 Å². The minimum absolute atomic E-state index is 0.0231. The van der Waals surface area contributed by atoms with E-state index in [9.17, 15) is 39.6 Å². The lowest BCUT2D eigenvalue weighted by molar-refractivity contribution is -0.141. The van der Waals surface area contributed by atoms with Crippen LogP contribution in [0.3, 0.4) is 0 Å². The lowest BCUT2D eigenvalue weighted by atomic mass is 9.92. The zero-order valence-corrected chi connectivity index (χ0v) is 47.6. The molecule has 0 bridgehead atoms. The summed E-state index contributed by atoms with van der Waals surface area (Å²) in [5, 5.41) is 75.7. The largest absolute Gasteiger partial charge is 0.460 e. The molecule has 0 spiro atoms. The van der Waals surface area contributed by atoms with Crippen molar-refractivity contribution in [3.05, 3.63) is 50.6 Å². The molecule has 4 unspecified atom stereocenters. The van der Waals surface area contributed by atoms with E-state index in [1.54, 1.807) is 0 Å². The standard InChI is InChI=1S/C33H52O16.C21H44O12/c1-5-29(38)46-17-25(34)9-13-42-21-33(22-43-14-10-26(35)18-47-30(39)6-2,23-44-15-11-27(36)19-48-31(40)7-3)24-45-16-12-28(37)20-49-32(41)8-4;22-1-5-26-9-13-30-17-21(18-31-14-10-27-6-2-23,19-32-15-11-28-7-3-24)20-33-16-12-29-8-4-25/h5-8,25-28,34-37H,1-4,9-24H2;22-25H,1-20H2. The highest BCUT2D eigenvalue weighted by Gasteiger charge is 2.34. The first-order valence-electron chi connectivity index (χ1n) is 26.9. The average Bonchev–Trinajstić information content (AvgIpc) is 3.50. The zero-order valence-electron chi connectivity index (χ0n) is 47.6. The molecule has 82 heavy (non-hydrogen) atoms. The predicted octanol–water partition coefficient (Wildman–Crippen LogP) is -1.97. The maximum Gasteiger partial charge on any atom is 0.330 e. The van der Waals surface area contributed by atoms with Crippen LogP contribution in [0.15, 0.2) is 50.6 Å². The van der Waals surface area contributed by atoms with Gasteiger partial charge in [0.25, 0.3) is 0 Å². The van der Waals surface area contributed by atoms with Crippen molar-refractivity contribution < 1.29 is 136 Å². The van der Waals surface area contributed by atoms with Gasteiger partial charge in [0.1, 0.15) is 26.4 Å². The highest BCUT2D eigenvalue weighted by atomic mass is 16.6. The van der Waals surface area contributed by atoms with Crippen LogP contribution in [0.1, 0.15) is 25.7 Å². The van der Waals surface area contributed by atoms with Crippen LogP contribution in [0.25, 0.3) is 0 Å². The first-order valence-corrected chi connectivity index (χ1v) is 26.9. The van der Waals surface area contributed by atoms with E-state index in [1.165, 1.54) is 0 Å². The van der Waals surface area contributed by atoms with Crippen molar-refractivity contribution in [3.63, 3.8) is 0 Å². The Morgan fingerprint density at radius 3 is 0.634 bits per heavy atom. The van der Waals surface area contributed by atoms with Gasteiger partial charge in [-0.25, -0.2) is 19.2 Å². The van der Waals surface area contributed by atoms with Gasteiger partial charge in [0.05, 0.1) is 194 Å². The molecular weight excluding hydrogens is 1100 g/mol. The minimum atomic E-state index is -1.01. The van der Waals surface area contributed by atoms with Gasteiger partial charge in [-0.1, -0.05) is 26.3 Å². The van der Waals surface area contributed by atoms with Gasteiger partial charge in [-0.05, 0) is 25.7 Å². The van der Waals surface area contributed by atoms with E-state index in [0.717, 1.165) is 24.3 Å². The number of carbonyl (C=O) groups excluding carboxylic acids is 4. The highest BCUT2D eigenvalue weighted by Crippen LogP contribution is 2.23. The van der Waals surface area contributed by atoms with Crippen LogP contribution in [0.4, 0.5) is 0 Å². The lowest BCUT2D eigenvalue weighted by Gasteiger charge is -2.33. The van der Waals surface area contributed by atoms with E-state index < -0.39 is 59.1 Å². The molecule has 8 N–H and O–H groups in total. The number of aliphatic hydroxyl groups is 8. The summed E-state index contributed by atoms with van der Waals surface area (Å²) in [6.45, 7) is 16.9. The summed E-state index contributed by atoms with van der Waals surface area (Å²) in [5.41, 5.74) is -1.62. The number of ether oxygens (including phenoxy) is 16. The Morgan fingerprint density at radius 1 is 0.293 bits per heavy atom. The van der Waals surface area contributed by atoms with Crippen molar-refractivity contribution in [2.75, 3.05) is 211 Å². The fourth-order valence-corrected chi connectivity index (χ4v) is 6.11. The maximum atomic E-state index is 11.3. The number of rotatable bonds is 60. The predicted molar refractivity (Wildman–Crippen MR) is 290 cm³/mol. The summed E-state index contributed by atoms with van der Waals surface area (Å²) >= 11 is 0. The number of esters is 4. The molecule has 0 fully saturated rings. The Labute approximate surface area is 481 Å². The average molecular weight is 1190 g/mol. The van der Waals surface area contributed by atoms with Gasteiger partial charge >= 0.3 is 23.9 Å². The quantitative estimate of drug-likeness (QED) is 0.0142. The minimum Gasteiger partial charge on any atom is -0.460 e. The molecular formula is C54H96O28. The van der Waals surface area contributed by atoms with Gasteiger partial charge in [0.15, 0.2) is 0 Å². The smallest absolute Gasteiger partial charge is 0.330 e. The Kier molecular flexibility index (Phi) is 56.1. The van der Waals surface area contributed by atoms with Crippen molar-refractivity contribution in [1.29, 1.82) is 0 Å². The molecule has 0 rings (SSSR count). The topological polar surface area (TPSA) is 378 Å². The van der Waals surface area contributed by atoms with Crippen LogP contribution < -0.4 is 0 Å². The van der Waals surface area contributed by atoms with Crippen molar-refractivity contribution in [2.24, 2.45) is 10.8 Å². The lowest BCUT2D eigenvalue weighted by Crippen LogP contribution is -2.43.